The first-order valence-corrected chi connectivity index (χ1v) is 32.4. The smallest absolute Gasteiger partial charge is 0.0468 e. The molecule has 0 fully saturated rings. The molecule has 94 heavy (non-hydrogen) atoms. The second kappa shape index (κ2) is 22.8. The predicted octanol–water partition coefficient (Wildman–Crippen LogP) is 26.2. The van der Waals surface area contributed by atoms with Gasteiger partial charge in [-0.1, -0.05) is 267 Å². The van der Waals surface area contributed by atoms with Gasteiger partial charge in [-0.2, -0.15) is 0 Å². The first kappa shape index (κ1) is 54.6. The number of nitrogens with zero attached hydrogens (tertiary/aromatic N) is 2. The second-order valence-corrected chi connectivity index (χ2v) is 24.8. The van der Waals surface area contributed by atoms with Crippen LogP contribution in [0.25, 0.3) is 142 Å². The van der Waals surface area contributed by atoms with Crippen LogP contribution in [0.3, 0.4) is 0 Å². The Kier molecular flexibility index (Phi) is 13.3. The van der Waals surface area contributed by atoms with Gasteiger partial charge in [0.2, 0.25) is 0 Å². The minimum absolute atomic E-state index is 1.07. The number of hydrogen-bond donors (Lipinski definition) is 0. The minimum atomic E-state index is 1.07. The molecule has 18 aromatic rings. The Balaban J connectivity index is 0.900. The summed E-state index contributed by atoms with van der Waals surface area (Å²) < 4.78 is 0. The van der Waals surface area contributed by atoms with E-state index >= 15 is 0 Å². The molecule has 0 aliphatic heterocycles. The summed E-state index contributed by atoms with van der Waals surface area (Å²) >= 11 is 0. The molecule has 0 spiro atoms. The normalized spacial score (nSPS) is 11.6. The quantitative estimate of drug-likeness (QED) is 0.119. The molecule has 0 saturated heterocycles. The topological polar surface area (TPSA) is 6.48 Å². The van der Waals surface area contributed by atoms with Crippen molar-refractivity contribution >= 4 is 120 Å². The molecule has 0 aliphatic carbocycles. The van der Waals surface area contributed by atoms with Gasteiger partial charge in [0.25, 0.3) is 0 Å². The van der Waals surface area contributed by atoms with E-state index in [-0.39, 0.29) is 0 Å². The number of rotatable bonds is 11. The highest BCUT2D eigenvalue weighted by Gasteiger charge is 2.25. The highest BCUT2D eigenvalue weighted by atomic mass is 15.1. The third-order valence-electron chi connectivity index (χ3n) is 19.3. The fourth-order valence-corrected chi connectivity index (χ4v) is 14.7. The third-order valence-corrected chi connectivity index (χ3v) is 19.3. The molecule has 18 rings (SSSR count). The van der Waals surface area contributed by atoms with Crippen LogP contribution in [0, 0.1) is 0 Å². The van der Waals surface area contributed by atoms with Crippen LogP contribution in [-0.2, 0) is 0 Å². The maximum Gasteiger partial charge on any atom is 0.0468 e. The van der Waals surface area contributed by atoms with E-state index in [1.807, 2.05) is 0 Å². The van der Waals surface area contributed by atoms with Gasteiger partial charge in [-0.15, -0.1) is 0 Å². The maximum atomic E-state index is 2.50. The van der Waals surface area contributed by atoms with Crippen LogP contribution >= 0.6 is 0 Å². The largest absolute Gasteiger partial charge is 0.310 e. The molecule has 0 aromatic heterocycles. The van der Waals surface area contributed by atoms with E-state index in [1.165, 1.54) is 120 Å². The molecule has 0 unspecified atom stereocenters. The van der Waals surface area contributed by atoms with E-state index in [2.05, 4.69) is 374 Å². The molecular weight excluding hydrogens is 1130 g/mol. The SMILES string of the molecule is c1ccc(-c2ccc3c(c2)c2cc(-c4ccc5ccccc5c4)ccc2c2c(-c4ccc(N(c5ccc6ccccc6c5)c5ccc6ccccc6c5)cc4)c(-c4ccccc4)cc(-c4ccc(N(c5ccc6ccccc6c5)c5ccc6ccccc6c5)cc4)c32)cc1. The molecular formula is C92H60N2. The summed E-state index contributed by atoms with van der Waals surface area (Å²) in [5.41, 5.74) is 18.2. The van der Waals surface area contributed by atoms with Gasteiger partial charge >= 0.3 is 0 Å². The predicted molar refractivity (Wildman–Crippen MR) is 403 cm³/mol. The van der Waals surface area contributed by atoms with Crippen LogP contribution in [0.1, 0.15) is 0 Å². The van der Waals surface area contributed by atoms with Crippen molar-refractivity contribution in [2.24, 2.45) is 0 Å². The van der Waals surface area contributed by atoms with Gasteiger partial charge in [-0.3, -0.25) is 0 Å². The minimum Gasteiger partial charge on any atom is -0.310 e. The Morgan fingerprint density at radius 1 is 0.149 bits per heavy atom. The van der Waals surface area contributed by atoms with Crippen molar-refractivity contribution in [3.63, 3.8) is 0 Å². The Labute approximate surface area is 546 Å². The van der Waals surface area contributed by atoms with Crippen molar-refractivity contribution in [3.8, 4) is 55.6 Å². The molecule has 438 valence electrons. The van der Waals surface area contributed by atoms with Crippen LogP contribution in [0.15, 0.2) is 364 Å². The lowest BCUT2D eigenvalue weighted by Crippen LogP contribution is -2.10. The molecule has 18 aromatic carbocycles. The summed E-state index contributed by atoms with van der Waals surface area (Å²) in [6.07, 6.45) is 0. The Morgan fingerprint density at radius 2 is 0.447 bits per heavy atom. The average Bonchev–Trinajstić information content (AvgIpc) is 0.707. The maximum absolute atomic E-state index is 2.50. The van der Waals surface area contributed by atoms with E-state index in [4.69, 9.17) is 0 Å². The number of hydrogen-bond acceptors (Lipinski definition) is 2. The molecule has 0 heterocycles. The van der Waals surface area contributed by atoms with Crippen molar-refractivity contribution < 1.29 is 0 Å². The van der Waals surface area contributed by atoms with Gasteiger partial charge in [0.1, 0.15) is 0 Å². The van der Waals surface area contributed by atoms with Crippen LogP contribution in [-0.4, -0.2) is 0 Å². The van der Waals surface area contributed by atoms with Gasteiger partial charge in [0.05, 0.1) is 0 Å². The Morgan fingerprint density at radius 3 is 0.883 bits per heavy atom. The monoisotopic (exact) mass is 1190 g/mol. The molecule has 0 radical (unpaired) electrons. The van der Waals surface area contributed by atoms with Crippen molar-refractivity contribution in [2.75, 3.05) is 9.80 Å². The van der Waals surface area contributed by atoms with Crippen molar-refractivity contribution in [2.45, 2.75) is 0 Å². The van der Waals surface area contributed by atoms with Crippen LogP contribution in [0.5, 0.6) is 0 Å². The fraction of sp³-hybridized carbons (Fsp3) is 0. The van der Waals surface area contributed by atoms with E-state index in [9.17, 15) is 0 Å². The third kappa shape index (κ3) is 9.67. The second-order valence-electron chi connectivity index (χ2n) is 24.8. The lowest BCUT2D eigenvalue weighted by molar-refractivity contribution is 1.29. The highest BCUT2D eigenvalue weighted by Crippen LogP contribution is 2.52. The van der Waals surface area contributed by atoms with Crippen LogP contribution in [0.2, 0.25) is 0 Å². The van der Waals surface area contributed by atoms with Crippen molar-refractivity contribution in [3.05, 3.63) is 364 Å². The van der Waals surface area contributed by atoms with Crippen LogP contribution in [0.4, 0.5) is 34.1 Å². The van der Waals surface area contributed by atoms with E-state index < -0.39 is 0 Å². The van der Waals surface area contributed by atoms with E-state index in [0.717, 1.165) is 56.4 Å². The fourth-order valence-electron chi connectivity index (χ4n) is 14.7. The standard InChI is InChI=1S/C92H60N2/c1-3-17-61(18-4-1)76-41-51-84-88(58-76)89-59-77(75-32-31-62-19-7-12-26-70(62)53-75)42-52-85(89)92-90(69-39-45-79(46-40-69)94(82-49-35-65-22-10-15-29-73(65)56-82)83-50-36-66-23-11-16-30-74(66)57-83)86(67-24-5-2-6-25-67)60-87(91(84)92)68-37-43-78(44-38-68)93(80-47-33-63-20-8-13-27-71(63)54-80)81-48-34-64-21-9-14-28-72(64)55-81/h1-60H. The van der Waals surface area contributed by atoms with Gasteiger partial charge in [0.15, 0.2) is 0 Å². The van der Waals surface area contributed by atoms with Gasteiger partial charge in [-0.05, 0) is 239 Å². The lowest BCUT2D eigenvalue weighted by atomic mass is 9.80. The highest BCUT2D eigenvalue weighted by molar-refractivity contribution is 6.33. The molecule has 0 bridgehead atoms. The molecule has 0 aliphatic rings. The molecule has 0 N–H and O–H groups in total. The summed E-state index contributed by atoms with van der Waals surface area (Å²) in [4.78, 5) is 4.82. The van der Waals surface area contributed by atoms with Crippen molar-refractivity contribution in [1.29, 1.82) is 0 Å². The molecule has 2 heteroatoms. The van der Waals surface area contributed by atoms with E-state index in [0.29, 0.717) is 0 Å². The van der Waals surface area contributed by atoms with Gasteiger partial charge < -0.3 is 9.80 Å². The van der Waals surface area contributed by atoms with Gasteiger partial charge in [-0.25, -0.2) is 0 Å². The number of anilines is 6. The van der Waals surface area contributed by atoms with Crippen molar-refractivity contribution in [1.82, 2.24) is 0 Å². The number of fused-ring (bicyclic) bond motifs is 11. The molecule has 0 saturated carbocycles. The summed E-state index contributed by atoms with van der Waals surface area (Å²) in [6.45, 7) is 0. The summed E-state index contributed by atoms with van der Waals surface area (Å²) in [7, 11) is 0. The zero-order valence-electron chi connectivity index (χ0n) is 51.5. The zero-order valence-corrected chi connectivity index (χ0v) is 51.5. The summed E-state index contributed by atoms with van der Waals surface area (Å²) in [5, 5.41) is 19.3. The molecule has 2 nitrogen and oxygen atoms in total. The molecule has 0 amide bonds. The van der Waals surface area contributed by atoms with E-state index in [1.54, 1.807) is 0 Å². The summed E-state index contributed by atoms with van der Waals surface area (Å²) in [5.74, 6) is 0. The Hall–Kier alpha value is -12.4. The molecule has 0 atom stereocenters. The number of benzene rings is 18. The first-order chi connectivity index (χ1) is 46.6. The Bertz CT molecular complexity index is 5810. The average molecular weight is 1190 g/mol. The van der Waals surface area contributed by atoms with Gasteiger partial charge in [0, 0.05) is 34.1 Å². The zero-order chi connectivity index (χ0) is 62.1. The van der Waals surface area contributed by atoms with Crippen LogP contribution < -0.4 is 9.80 Å². The summed E-state index contributed by atoms with van der Waals surface area (Å²) in [6, 6.07) is 135. The first-order valence-electron chi connectivity index (χ1n) is 32.4. The lowest BCUT2D eigenvalue weighted by Gasteiger charge is -2.27.